The minimum Gasteiger partial charge on any atom is -0.394 e. The van der Waals surface area contributed by atoms with Crippen molar-refractivity contribution in [3.05, 3.63) is 30.0 Å². The van der Waals surface area contributed by atoms with Crippen LogP contribution in [0.3, 0.4) is 0 Å². The smallest absolute Gasteiger partial charge is 0.277 e. The number of carbonyl (C=O) groups is 1. The van der Waals surface area contributed by atoms with Crippen LogP contribution in [0.2, 0.25) is 0 Å². The second kappa shape index (κ2) is 4.20. The van der Waals surface area contributed by atoms with Gasteiger partial charge in [-0.2, -0.15) is 5.10 Å². The topological polar surface area (TPSA) is 98.7 Å². The monoisotopic (exact) mass is 232 g/mol. The van der Waals surface area contributed by atoms with Gasteiger partial charge in [0, 0.05) is 13.2 Å². The minimum atomic E-state index is -0.368. The van der Waals surface area contributed by atoms with Gasteiger partial charge in [-0.05, 0) is 6.92 Å². The number of aryl methyl sites for hydroxylation is 2. The summed E-state index contributed by atoms with van der Waals surface area (Å²) in [4.78, 5) is 19.8. The van der Waals surface area contributed by atoms with Crippen LogP contribution in [0.4, 0.5) is 11.5 Å². The summed E-state index contributed by atoms with van der Waals surface area (Å²) in [5, 5.41) is 6.55. The molecule has 2 heterocycles. The number of rotatable bonds is 2. The molecule has 0 saturated heterocycles. The highest BCUT2D eigenvalue weighted by atomic mass is 16.2. The lowest BCUT2D eigenvalue weighted by Crippen LogP contribution is -2.17. The Morgan fingerprint density at radius 1 is 1.35 bits per heavy atom. The van der Waals surface area contributed by atoms with E-state index in [-0.39, 0.29) is 11.6 Å². The van der Waals surface area contributed by atoms with E-state index in [1.54, 1.807) is 14.0 Å². The van der Waals surface area contributed by atoms with E-state index in [0.29, 0.717) is 11.5 Å². The summed E-state index contributed by atoms with van der Waals surface area (Å²) < 4.78 is 1.48. The molecule has 2 aromatic rings. The first kappa shape index (κ1) is 11.1. The number of amides is 1. The molecule has 0 fully saturated rings. The molecule has 2 rings (SSSR count). The van der Waals surface area contributed by atoms with Gasteiger partial charge in [0.05, 0.1) is 23.8 Å². The molecular weight excluding hydrogens is 220 g/mol. The molecule has 0 unspecified atom stereocenters. The fraction of sp³-hybridized carbons (Fsp3) is 0.200. The SMILES string of the molecule is Cc1cnc(C(=O)Nc2c(N)cnn2C)cn1. The van der Waals surface area contributed by atoms with Gasteiger partial charge < -0.3 is 11.1 Å². The zero-order valence-corrected chi connectivity index (χ0v) is 9.51. The molecule has 0 aliphatic heterocycles. The largest absolute Gasteiger partial charge is 0.394 e. The van der Waals surface area contributed by atoms with E-state index in [4.69, 9.17) is 5.73 Å². The van der Waals surface area contributed by atoms with Crippen LogP contribution < -0.4 is 11.1 Å². The molecule has 0 saturated carbocycles. The lowest BCUT2D eigenvalue weighted by molar-refractivity contribution is 0.102. The van der Waals surface area contributed by atoms with Gasteiger partial charge >= 0.3 is 0 Å². The third-order valence-electron chi connectivity index (χ3n) is 2.21. The van der Waals surface area contributed by atoms with Crippen LogP contribution in [-0.2, 0) is 7.05 Å². The van der Waals surface area contributed by atoms with Crippen molar-refractivity contribution in [2.24, 2.45) is 7.05 Å². The van der Waals surface area contributed by atoms with E-state index >= 15 is 0 Å². The summed E-state index contributed by atoms with van der Waals surface area (Å²) >= 11 is 0. The molecule has 88 valence electrons. The van der Waals surface area contributed by atoms with Crippen molar-refractivity contribution in [2.45, 2.75) is 6.92 Å². The van der Waals surface area contributed by atoms with Crippen LogP contribution >= 0.6 is 0 Å². The van der Waals surface area contributed by atoms with Gasteiger partial charge in [0.1, 0.15) is 5.69 Å². The molecule has 0 aliphatic rings. The van der Waals surface area contributed by atoms with Crippen LogP contribution in [0, 0.1) is 6.92 Å². The van der Waals surface area contributed by atoms with Gasteiger partial charge in [0.25, 0.3) is 5.91 Å². The summed E-state index contributed by atoms with van der Waals surface area (Å²) in [6, 6.07) is 0. The van der Waals surface area contributed by atoms with E-state index in [9.17, 15) is 4.79 Å². The van der Waals surface area contributed by atoms with Crippen LogP contribution in [0.15, 0.2) is 18.6 Å². The number of nitrogens with zero attached hydrogens (tertiary/aromatic N) is 4. The number of nitrogen functional groups attached to an aromatic ring is 1. The second-order valence-corrected chi connectivity index (χ2v) is 3.57. The quantitative estimate of drug-likeness (QED) is 0.778. The van der Waals surface area contributed by atoms with Crippen molar-refractivity contribution < 1.29 is 4.79 Å². The van der Waals surface area contributed by atoms with E-state index in [2.05, 4.69) is 20.4 Å². The van der Waals surface area contributed by atoms with Crippen molar-refractivity contribution in [3.63, 3.8) is 0 Å². The average molecular weight is 232 g/mol. The Balaban J connectivity index is 2.20. The van der Waals surface area contributed by atoms with Gasteiger partial charge in [-0.25, -0.2) is 4.98 Å². The highest BCUT2D eigenvalue weighted by Gasteiger charge is 2.12. The number of aromatic nitrogens is 4. The van der Waals surface area contributed by atoms with Crippen LogP contribution in [0.1, 0.15) is 16.2 Å². The predicted molar refractivity (Wildman–Crippen MR) is 62.3 cm³/mol. The Kier molecular flexibility index (Phi) is 2.73. The fourth-order valence-electron chi connectivity index (χ4n) is 1.29. The lowest BCUT2D eigenvalue weighted by Gasteiger charge is -2.05. The standard InChI is InChI=1S/C10H12N6O/c1-6-3-13-8(5-12-6)10(17)15-9-7(11)4-14-16(9)2/h3-5H,11H2,1-2H3,(H,15,17). The molecule has 1 amide bonds. The third-order valence-corrected chi connectivity index (χ3v) is 2.21. The lowest BCUT2D eigenvalue weighted by atomic mass is 10.4. The summed E-state index contributed by atoms with van der Waals surface area (Å²) in [6.07, 6.45) is 4.41. The summed E-state index contributed by atoms with van der Waals surface area (Å²) in [5.41, 5.74) is 7.05. The fourth-order valence-corrected chi connectivity index (χ4v) is 1.29. The highest BCUT2D eigenvalue weighted by molar-refractivity contribution is 6.03. The van der Waals surface area contributed by atoms with Crippen molar-refractivity contribution in [1.29, 1.82) is 0 Å². The van der Waals surface area contributed by atoms with E-state index in [0.717, 1.165) is 5.69 Å². The van der Waals surface area contributed by atoms with Gasteiger partial charge in [-0.1, -0.05) is 0 Å². The maximum atomic E-state index is 11.8. The van der Waals surface area contributed by atoms with Gasteiger partial charge in [-0.3, -0.25) is 14.5 Å². The number of nitrogens with two attached hydrogens (primary N) is 1. The number of carbonyl (C=O) groups excluding carboxylic acids is 1. The minimum absolute atomic E-state index is 0.233. The van der Waals surface area contributed by atoms with Crippen molar-refractivity contribution in [1.82, 2.24) is 19.7 Å². The van der Waals surface area contributed by atoms with E-state index in [1.165, 1.54) is 23.3 Å². The van der Waals surface area contributed by atoms with Gasteiger partial charge in [0.15, 0.2) is 5.82 Å². The summed E-state index contributed by atoms with van der Waals surface area (Å²) in [7, 11) is 1.69. The number of anilines is 2. The Morgan fingerprint density at radius 2 is 2.12 bits per heavy atom. The molecule has 0 bridgehead atoms. The molecule has 0 radical (unpaired) electrons. The van der Waals surface area contributed by atoms with E-state index in [1.807, 2.05) is 0 Å². The first-order valence-corrected chi connectivity index (χ1v) is 4.95. The predicted octanol–water partition coefficient (Wildman–Crippen LogP) is 0.353. The zero-order chi connectivity index (χ0) is 12.4. The Morgan fingerprint density at radius 3 is 2.65 bits per heavy atom. The Bertz CT molecular complexity index is 525. The number of hydrogen-bond donors (Lipinski definition) is 2. The summed E-state index contributed by atoms with van der Waals surface area (Å²) in [5.74, 6) is 0.0742. The van der Waals surface area contributed by atoms with Gasteiger partial charge in [0.2, 0.25) is 0 Å². The Hall–Kier alpha value is -2.44. The summed E-state index contributed by atoms with van der Waals surface area (Å²) in [6.45, 7) is 1.80. The molecule has 3 N–H and O–H groups in total. The molecule has 0 aliphatic carbocycles. The van der Waals surface area contributed by atoms with E-state index < -0.39 is 0 Å². The molecule has 0 spiro atoms. The normalized spacial score (nSPS) is 10.2. The second-order valence-electron chi connectivity index (χ2n) is 3.57. The van der Waals surface area contributed by atoms with Crippen molar-refractivity contribution in [2.75, 3.05) is 11.1 Å². The molecule has 7 heteroatoms. The third kappa shape index (κ3) is 2.22. The van der Waals surface area contributed by atoms with Crippen LogP contribution in [0.25, 0.3) is 0 Å². The number of nitrogens with one attached hydrogen (secondary N) is 1. The molecular formula is C10H12N6O. The molecule has 0 aromatic carbocycles. The molecule has 2 aromatic heterocycles. The zero-order valence-electron chi connectivity index (χ0n) is 9.51. The maximum absolute atomic E-state index is 11.8. The molecule has 17 heavy (non-hydrogen) atoms. The first-order chi connectivity index (χ1) is 8.08. The van der Waals surface area contributed by atoms with Crippen molar-refractivity contribution >= 4 is 17.4 Å². The maximum Gasteiger partial charge on any atom is 0.277 e. The number of hydrogen-bond acceptors (Lipinski definition) is 5. The highest BCUT2D eigenvalue weighted by Crippen LogP contribution is 2.16. The molecule has 7 nitrogen and oxygen atoms in total. The van der Waals surface area contributed by atoms with Crippen molar-refractivity contribution in [3.8, 4) is 0 Å². The molecule has 0 atom stereocenters. The van der Waals surface area contributed by atoms with Crippen LogP contribution in [0.5, 0.6) is 0 Å². The Labute approximate surface area is 97.7 Å². The first-order valence-electron chi connectivity index (χ1n) is 4.95. The van der Waals surface area contributed by atoms with Crippen LogP contribution in [-0.4, -0.2) is 25.7 Å². The van der Waals surface area contributed by atoms with Gasteiger partial charge in [-0.15, -0.1) is 0 Å². The average Bonchev–Trinajstić information content (AvgIpc) is 2.61.